The molecule has 1 aromatic heterocycles. The van der Waals surface area contributed by atoms with Crippen molar-refractivity contribution in [1.29, 1.82) is 0 Å². The van der Waals surface area contributed by atoms with Crippen LogP contribution in [0.5, 0.6) is 0 Å². The third-order valence-corrected chi connectivity index (χ3v) is 3.77. The van der Waals surface area contributed by atoms with Gasteiger partial charge in [0.15, 0.2) is 0 Å². The van der Waals surface area contributed by atoms with Gasteiger partial charge in [0.25, 0.3) is 0 Å². The summed E-state index contributed by atoms with van der Waals surface area (Å²) in [7, 11) is 0. The molecule has 1 aromatic carbocycles. The molecule has 0 radical (unpaired) electrons. The van der Waals surface area contributed by atoms with Crippen molar-refractivity contribution in [2.24, 2.45) is 0 Å². The molecule has 0 saturated carbocycles. The Morgan fingerprint density at radius 3 is 2.79 bits per heavy atom. The van der Waals surface area contributed by atoms with E-state index in [0.717, 1.165) is 21.1 Å². The van der Waals surface area contributed by atoms with Gasteiger partial charge in [-0.05, 0) is 24.6 Å². The van der Waals surface area contributed by atoms with Crippen LogP contribution in [0, 0.1) is 0 Å². The Morgan fingerprint density at radius 1 is 1.21 bits per heavy atom. The Hall–Kier alpha value is -1.75. The van der Waals surface area contributed by atoms with Gasteiger partial charge in [0, 0.05) is 16.3 Å². The van der Waals surface area contributed by atoms with Crippen molar-refractivity contribution in [3.63, 3.8) is 0 Å². The molecule has 1 saturated heterocycles. The van der Waals surface area contributed by atoms with Crippen molar-refractivity contribution >= 4 is 38.6 Å². The molecule has 2 amide bonds. The highest BCUT2D eigenvalue weighted by Gasteiger charge is 2.28. The summed E-state index contributed by atoms with van der Waals surface area (Å²) in [5, 5.41) is 3.39. The minimum absolute atomic E-state index is 0.204. The Balaban J connectivity index is 2.01. The summed E-state index contributed by atoms with van der Waals surface area (Å²) in [6, 6.07) is 9.66. The van der Waals surface area contributed by atoms with Crippen molar-refractivity contribution in [2.75, 3.05) is 0 Å². The number of carbonyl (C=O) groups is 2. The summed E-state index contributed by atoms with van der Waals surface area (Å²) < 4.78 is 0.952. The van der Waals surface area contributed by atoms with Crippen molar-refractivity contribution in [2.45, 2.75) is 18.8 Å². The highest BCUT2D eigenvalue weighted by Crippen LogP contribution is 2.26. The Kier molecular flexibility index (Phi) is 3.06. The second-order valence-corrected chi connectivity index (χ2v) is 5.49. The lowest BCUT2D eigenvalue weighted by Crippen LogP contribution is -2.39. The number of fused-ring (bicyclic) bond motifs is 1. The molecule has 1 fully saturated rings. The van der Waals surface area contributed by atoms with Crippen LogP contribution in [-0.4, -0.2) is 16.8 Å². The quantitative estimate of drug-likeness (QED) is 0.822. The van der Waals surface area contributed by atoms with Gasteiger partial charge >= 0.3 is 0 Å². The molecular formula is C14H11BrN2O2. The predicted octanol–water partition coefficient (Wildman–Crippen LogP) is 2.52. The van der Waals surface area contributed by atoms with Crippen LogP contribution >= 0.6 is 15.9 Å². The van der Waals surface area contributed by atoms with E-state index >= 15 is 0 Å². The maximum absolute atomic E-state index is 11.8. The number of imide groups is 1. The van der Waals surface area contributed by atoms with Crippen LogP contribution in [0.4, 0.5) is 0 Å². The number of halogens is 1. The fraction of sp³-hybridized carbons (Fsp3) is 0.214. The molecule has 3 rings (SSSR count). The van der Waals surface area contributed by atoms with Gasteiger partial charge in [-0.1, -0.05) is 28.1 Å². The second kappa shape index (κ2) is 4.74. The predicted molar refractivity (Wildman–Crippen MR) is 74.6 cm³/mol. The van der Waals surface area contributed by atoms with E-state index in [1.165, 1.54) is 0 Å². The third-order valence-electron chi connectivity index (χ3n) is 3.27. The molecule has 2 heterocycles. The van der Waals surface area contributed by atoms with Crippen LogP contribution in [0.1, 0.15) is 24.5 Å². The van der Waals surface area contributed by atoms with E-state index in [0.29, 0.717) is 12.8 Å². The van der Waals surface area contributed by atoms with Gasteiger partial charge in [-0.25, -0.2) is 0 Å². The molecule has 4 nitrogen and oxygen atoms in total. The van der Waals surface area contributed by atoms with E-state index in [2.05, 4.69) is 26.2 Å². The normalized spacial score (nSPS) is 19.5. The third kappa shape index (κ3) is 2.38. The van der Waals surface area contributed by atoms with Gasteiger partial charge < -0.3 is 0 Å². The molecule has 1 unspecified atom stereocenters. The maximum atomic E-state index is 11.8. The van der Waals surface area contributed by atoms with Crippen molar-refractivity contribution in [3.8, 4) is 0 Å². The summed E-state index contributed by atoms with van der Waals surface area (Å²) in [6.07, 6.45) is 0.895. The summed E-state index contributed by atoms with van der Waals surface area (Å²) in [4.78, 5) is 27.5. The Morgan fingerprint density at radius 2 is 2.00 bits per heavy atom. The van der Waals surface area contributed by atoms with Crippen LogP contribution < -0.4 is 5.32 Å². The molecule has 1 N–H and O–H groups in total. The monoisotopic (exact) mass is 318 g/mol. The number of hydrogen-bond acceptors (Lipinski definition) is 3. The number of rotatable bonds is 1. The summed E-state index contributed by atoms with van der Waals surface area (Å²) in [6.45, 7) is 0. The van der Waals surface area contributed by atoms with E-state index in [-0.39, 0.29) is 17.7 Å². The van der Waals surface area contributed by atoms with Gasteiger partial charge in [-0.3, -0.25) is 19.9 Å². The van der Waals surface area contributed by atoms with E-state index < -0.39 is 0 Å². The van der Waals surface area contributed by atoms with E-state index in [9.17, 15) is 9.59 Å². The number of hydrogen-bond donors (Lipinski definition) is 1. The molecule has 1 aliphatic heterocycles. The molecule has 0 aliphatic carbocycles. The lowest BCUT2D eigenvalue weighted by Gasteiger charge is -2.20. The fourth-order valence-corrected chi connectivity index (χ4v) is 2.62. The van der Waals surface area contributed by atoms with Gasteiger partial charge in [0.05, 0.1) is 17.1 Å². The first-order valence-electron chi connectivity index (χ1n) is 6.03. The number of aromatic nitrogens is 1. The summed E-state index contributed by atoms with van der Waals surface area (Å²) in [5.74, 6) is -0.788. The van der Waals surface area contributed by atoms with Crippen LogP contribution in [0.3, 0.4) is 0 Å². The largest absolute Gasteiger partial charge is 0.296 e. The number of nitrogens with zero attached hydrogens (tertiary/aromatic N) is 1. The van der Waals surface area contributed by atoms with Crippen LogP contribution in [0.15, 0.2) is 34.8 Å². The number of carbonyl (C=O) groups excluding carboxylic acids is 2. The highest BCUT2D eigenvalue weighted by atomic mass is 79.9. The number of piperidine rings is 1. The minimum atomic E-state index is -0.332. The molecular weight excluding hydrogens is 308 g/mol. The molecule has 19 heavy (non-hydrogen) atoms. The van der Waals surface area contributed by atoms with Crippen molar-refractivity contribution in [1.82, 2.24) is 10.3 Å². The van der Waals surface area contributed by atoms with Crippen LogP contribution in [0.2, 0.25) is 0 Å². The lowest BCUT2D eigenvalue weighted by molar-refractivity contribution is -0.134. The SMILES string of the molecule is O=C1CCC(c2ccc3ccc(Br)cc3n2)C(=O)N1. The maximum Gasteiger partial charge on any atom is 0.235 e. The van der Waals surface area contributed by atoms with E-state index in [4.69, 9.17) is 0 Å². The lowest BCUT2D eigenvalue weighted by atomic mass is 9.94. The van der Waals surface area contributed by atoms with Crippen molar-refractivity contribution < 1.29 is 9.59 Å². The van der Waals surface area contributed by atoms with E-state index in [1.807, 2.05) is 30.3 Å². The molecule has 2 aromatic rings. The van der Waals surface area contributed by atoms with Gasteiger partial charge in [0.2, 0.25) is 11.8 Å². The topological polar surface area (TPSA) is 59.1 Å². The minimum Gasteiger partial charge on any atom is -0.296 e. The van der Waals surface area contributed by atoms with Gasteiger partial charge in [-0.15, -0.1) is 0 Å². The smallest absolute Gasteiger partial charge is 0.235 e. The molecule has 96 valence electrons. The average molecular weight is 319 g/mol. The Bertz CT molecular complexity index is 684. The first-order chi connectivity index (χ1) is 9.13. The molecule has 0 spiro atoms. The first-order valence-corrected chi connectivity index (χ1v) is 6.83. The average Bonchev–Trinajstić information content (AvgIpc) is 2.38. The molecule has 5 heteroatoms. The van der Waals surface area contributed by atoms with Crippen LogP contribution in [0.25, 0.3) is 10.9 Å². The van der Waals surface area contributed by atoms with Gasteiger partial charge in [0.1, 0.15) is 0 Å². The van der Waals surface area contributed by atoms with Crippen LogP contribution in [-0.2, 0) is 9.59 Å². The summed E-state index contributed by atoms with van der Waals surface area (Å²) in [5.41, 5.74) is 1.56. The fourth-order valence-electron chi connectivity index (χ4n) is 2.28. The number of pyridine rings is 1. The molecule has 1 aliphatic rings. The first kappa shape index (κ1) is 12.3. The summed E-state index contributed by atoms with van der Waals surface area (Å²) >= 11 is 3.41. The molecule has 1 atom stereocenters. The zero-order chi connectivity index (χ0) is 13.4. The highest BCUT2D eigenvalue weighted by molar-refractivity contribution is 9.10. The number of nitrogens with one attached hydrogen (secondary N) is 1. The zero-order valence-electron chi connectivity index (χ0n) is 10.0. The van der Waals surface area contributed by atoms with Gasteiger partial charge in [-0.2, -0.15) is 0 Å². The number of benzene rings is 1. The molecule has 0 bridgehead atoms. The zero-order valence-corrected chi connectivity index (χ0v) is 11.6. The standard InChI is InChI=1S/C14H11BrN2O2/c15-9-3-1-8-2-5-11(16-12(8)7-9)10-4-6-13(18)17-14(10)19/h1-3,5,7,10H,4,6H2,(H,17,18,19). The number of amides is 2. The van der Waals surface area contributed by atoms with Crippen molar-refractivity contribution in [3.05, 3.63) is 40.5 Å². The van der Waals surface area contributed by atoms with E-state index in [1.54, 1.807) is 0 Å². The Labute approximate surface area is 118 Å². The second-order valence-electron chi connectivity index (χ2n) is 4.58.